The maximum atomic E-state index is 5.90. The van der Waals surface area contributed by atoms with Crippen LogP contribution in [-0.2, 0) is 11.5 Å². The van der Waals surface area contributed by atoms with Crippen molar-refractivity contribution in [1.29, 1.82) is 0 Å². The zero-order valence-electron chi connectivity index (χ0n) is 14.7. The molecule has 8 heteroatoms. The van der Waals surface area contributed by atoms with Gasteiger partial charge in [0.2, 0.25) is 5.95 Å². The summed E-state index contributed by atoms with van der Waals surface area (Å²) in [6.07, 6.45) is 5.47. The average Bonchev–Trinajstić information content (AvgIpc) is 2.88. The molecule has 0 fully saturated rings. The van der Waals surface area contributed by atoms with Crippen LogP contribution < -0.4 is 5.73 Å². The molecule has 0 aliphatic heterocycles. The van der Waals surface area contributed by atoms with Crippen molar-refractivity contribution in [2.45, 2.75) is 32.4 Å². The van der Waals surface area contributed by atoms with Crippen LogP contribution in [0, 0.1) is 0 Å². The molecule has 0 aromatic carbocycles. The van der Waals surface area contributed by atoms with E-state index in [-0.39, 0.29) is 5.95 Å². The fraction of sp³-hybridized carbons (Fsp3) is 0.353. The molecule has 0 atom stereocenters. The molecule has 0 aliphatic rings. The van der Waals surface area contributed by atoms with Crippen molar-refractivity contribution in [3.63, 3.8) is 0 Å². The molecular weight excluding hydrogens is 398 g/mol. The van der Waals surface area contributed by atoms with Crippen LogP contribution in [0.2, 0.25) is 25.7 Å². The van der Waals surface area contributed by atoms with Gasteiger partial charge in [-0.25, -0.2) is 15.0 Å². The molecule has 0 amide bonds. The van der Waals surface area contributed by atoms with Crippen molar-refractivity contribution in [1.82, 2.24) is 19.5 Å². The Labute approximate surface area is 156 Å². The molecule has 0 spiro atoms. The fourth-order valence-electron chi connectivity index (χ4n) is 2.51. The molecule has 0 radical (unpaired) electrons. The molecule has 6 nitrogen and oxygen atoms in total. The number of anilines is 1. The summed E-state index contributed by atoms with van der Waals surface area (Å²) >= 11 is 3.49. The number of fused-ring (bicyclic) bond motifs is 1. The first-order valence-corrected chi connectivity index (χ1v) is 12.6. The van der Waals surface area contributed by atoms with Gasteiger partial charge in [-0.2, -0.15) is 0 Å². The number of halogens is 1. The minimum atomic E-state index is -1.10. The lowest BCUT2D eigenvalue weighted by molar-refractivity contribution is 0.0899. The Balaban J connectivity index is 1.92. The molecule has 3 aromatic heterocycles. The van der Waals surface area contributed by atoms with Gasteiger partial charge in [0.25, 0.3) is 0 Å². The third-order valence-corrected chi connectivity index (χ3v) is 6.00. The van der Waals surface area contributed by atoms with E-state index >= 15 is 0 Å². The highest BCUT2D eigenvalue weighted by molar-refractivity contribution is 9.10. The highest BCUT2D eigenvalue weighted by Gasteiger charge is 2.15. The van der Waals surface area contributed by atoms with E-state index in [1.165, 1.54) is 0 Å². The minimum Gasteiger partial charge on any atom is -0.368 e. The summed E-state index contributed by atoms with van der Waals surface area (Å²) in [4.78, 5) is 12.9. The number of hydrogen-bond donors (Lipinski definition) is 1. The smallest absolute Gasteiger partial charge is 0.220 e. The number of pyridine rings is 1. The monoisotopic (exact) mass is 419 g/mol. The number of ether oxygens (including phenoxy) is 1. The summed E-state index contributed by atoms with van der Waals surface area (Å²) in [7, 11) is -1.10. The van der Waals surface area contributed by atoms with E-state index in [9.17, 15) is 0 Å². The van der Waals surface area contributed by atoms with E-state index in [4.69, 9.17) is 10.5 Å². The zero-order valence-corrected chi connectivity index (χ0v) is 17.2. The summed E-state index contributed by atoms with van der Waals surface area (Å²) in [6.45, 7) is 8.27. The first-order chi connectivity index (χ1) is 11.8. The van der Waals surface area contributed by atoms with Crippen molar-refractivity contribution >= 4 is 41.0 Å². The third-order valence-electron chi connectivity index (χ3n) is 3.86. The lowest BCUT2D eigenvalue weighted by Crippen LogP contribution is -2.22. The lowest BCUT2D eigenvalue weighted by atomic mass is 10.1. The topological polar surface area (TPSA) is 78.9 Å². The summed E-state index contributed by atoms with van der Waals surface area (Å²) in [5, 5.41) is 1.00. The summed E-state index contributed by atoms with van der Waals surface area (Å²) in [6, 6.07) is 5.03. The van der Waals surface area contributed by atoms with E-state index in [0.29, 0.717) is 6.73 Å². The number of aromatic nitrogens is 4. The molecule has 2 N–H and O–H groups in total. The van der Waals surface area contributed by atoms with Gasteiger partial charge in [0.15, 0.2) is 0 Å². The Bertz CT molecular complexity index is 890. The molecule has 3 rings (SSSR count). The first-order valence-electron chi connectivity index (χ1n) is 8.14. The van der Waals surface area contributed by atoms with Gasteiger partial charge in [0, 0.05) is 48.7 Å². The second kappa shape index (κ2) is 7.23. The van der Waals surface area contributed by atoms with E-state index in [1.807, 2.05) is 22.9 Å². The quantitative estimate of drug-likeness (QED) is 0.479. The van der Waals surface area contributed by atoms with Crippen LogP contribution in [0.25, 0.3) is 22.3 Å². The standard InChI is InChI=1S/C17H22BrN5OSi/c1-25(2,3)7-6-24-11-23-10-14(15-4-5-20-17(19)22-15)13-8-12(18)9-21-16(13)23/h4-5,8-10H,6-7,11H2,1-3H3,(H2,19,20,22). The van der Waals surface area contributed by atoms with Gasteiger partial charge < -0.3 is 15.0 Å². The van der Waals surface area contributed by atoms with Crippen LogP contribution in [-0.4, -0.2) is 34.2 Å². The lowest BCUT2D eigenvalue weighted by Gasteiger charge is -2.15. The van der Waals surface area contributed by atoms with Crippen LogP contribution in [0.3, 0.4) is 0 Å². The number of hydrogen-bond acceptors (Lipinski definition) is 5. The molecule has 0 bridgehead atoms. The molecule has 0 aliphatic carbocycles. The molecule has 3 aromatic rings. The van der Waals surface area contributed by atoms with Gasteiger partial charge in [-0.15, -0.1) is 0 Å². The second-order valence-electron chi connectivity index (χ2n) is 7.19. The summed E-state index contributed by atoms with van der Waals surface area (Å²) in [5.41, 5.74) is 8.35. The third kappa shape index (κ3) is 4.45. The molecule has 0 saturated heterocycles. The molecule has 132 valence electrons. The van der Waals surface area contributed by atoms with E-state index in [1.54, 1.807) is 12.4 Å². The van der Waals surface area contributed by atoms with Crippen LogP contribution >= 0.6 is 15.9 Å². The van der Waals surface area contributed by atoms with Gasteiger partial charge in [0.05, 0.1) is 5.69 Å². The maximum Gasteiger partial charge on any atom is 0.220 e. The Morgan fingerprint density at radius 2 is 2.08 bits per heavy atom. The van der Waals surface area contributed by atoms with Gasteiger partial charge in [-0.05, 0) is 34.1 Å². The molecule has 0 unspecified atom stereocenters. The molecule has 25 heavy (non-hydrogen) atoms. The van der Waals surface area contributed by atoms with Crippen LogP contribution in [0.4, 0.5) is 5.95 Å². The maximum absolute atomic E-state index is 5.90. The SMILES string of the molecule is C[Si](C)(C)CCOCn1cc(-c2ccnc(N)n2)c2cc(Br)cnc21. The largest absolute Gasteiger partial charge is 0.368 e. The van der Waals surface area contributed by atoms with Crippen molar-refractivity contribution in [2.24, 2.45) is 0 Å². The predicted molar refractivity (Wildman–Crippen MR) is 107 cm³/mol. The zero-order chi connectivity index (χ0) is 18.0. The molecule has 3 heterocycles. The number of nitrogens with zero attached hydrogens (tertiary/aromatic N) is 4. The van der Waals surface area contributed by atoms with Crippen molar-refractivity contribution in [3.05, 3.63) is 35.2 Å². The second-order valence-corrected chi connectivity index (χ2v) is 13.7. The van der Waals surface area contributed by atoms with Crippen molar-refractivity contribution < 1.29 is 4.74 Å². The Morgan fingerprint density at radius 1 is 1.28 bits per heavy atom. The fourth-order valence-corrected chi connectivity index (χ4v) is 3.60. The predicted octanol–water partition coefficient (Wildman–Crippen LogP) is 4.15. The molecule has 0 saturated carbocycles. The van der Waals surface area contributed by atoms with E-state index in [0.717, 1.165) is 39.4 Å². The molecular formula is C17H22BrN5OSi. The van der Waals surface area contributed by atoms with Crippen LogP contribution in [0.1, 0.15) is 0 Å². The van der Waals surface area contributed by atoms with Crippen LogP contribution in [0.15, 0.2) is 35.2 Å². The van der Waals surface area contributed by atoms with Gasteiger partial charge in [-0.3, -0.25) is 0 Å². The normalized spacial score (nSPS) is 12.0. The van der Waals surface area contributed by atoms with Crippen LogP contribution in [0.5, 0.6) is 0 Å². The highest BCUT2D eigenvalue weighted by atomic mass is 79.9. The Hall–Kier alpha value is -1.77. The number of nitrogen functional groups attached to an aromatic ring is 1. The van der Waals surface area contributed by atoms with Gasteiger partial charge in [0.1, 0.15) is 12.4 Å². The Morgan fingerprint density at radius 3 is 2.80 bits per heavy atom. The van der Waals surface area contributed by atoms with E-state index in [2.05, 4.69) is 50.5 Å². The van der Waals surface area contributed by atoms with Crippen molar-refractivity contribution in [2.75, 3.05) is 12.3 Å². The van der Waals surface area contributed by atoms with Crippen molar-refractivity contribution in [3.8, 4) is 11.3 Å². The number of rotatable bonds is 6. The minimum absolute atomic E-state index is 0.257. The summed E-state index contributed by atoms with van der Waals surface area (Å²) in [5.74, 6) is 0.257. The number of nitrogens with two attached hydrogens (primary N) is 1. The summed E-state index contributed by atoms with van der Waals surface area (Å²) < 4.78 is 8.83. The van der Waals surface area contributed by atoms with E-state index < -0.39 is 8.07 Å². The average molecular weight is 420 g/mol. The van der Waals surface area contributed by atoms with Gasteiger partial charge in [-0.1, -0.05) is 19.6 Å². The van der Waals surface area contributed by atoms with Gasteiger partial charge >= 0.3 is 0 Å². The first kappa shape index (κ1) is 18.0. The highest BCUT2D eigenvalue weighted by Crippen LogP contribution is 2.30. The Kier molecular flexibility index (Phi) is 5.21.